The van der Waals surface area contributed by atoms with Crippen molar-refractivity contribution in [1.29, 1.82) is 0 Å². The molecule has 4 aromatic rings. The number of likely N-dealkylation sites (tertiary alicyclic amines) is 1. The van der Waals surface area contributed by atoms with Gasteiger partial charge in [-0.1, -0.05) is 58.9 Å². The lowest BCUT2D eigenvalue weighted by atomic mass is 9.79. The summed E-state index contributed by atoms with van der Waals surface area (Å²) in [5.74, 6) is 0.427. The smallest absolute Gasteiger partial charge is 0.160 e. The largest absolute Gasteiger partial charge is 0.374 e. The minimum absolute atomic E-state index is 0.0715. The normalized spacial score (nSPS) is 17.6. The molecule has 1 aromatic carbocycles. The molecule has 39 heavy (non-hydrogen) atoms. The number of piperidine rings is 1. The quantitative estimate of drug-likeness (QED) is 0.248. The predicted molar refractivity (Wildman–Crippen MR) is 163 cm³/mol. The van der Waals surface area contributed by atoms with Crippen molar-refractivity contribution >= 4 is 34.1 Å². The molecule has 1 aliphatic heterocycles. The van der Waals surface area contributed by atoms with E-state index in [2.05, 4.69) is 72.8 Å². The second-order valence-corrected chi connectivity index (χ2v) is 14.5. The van der Waals surface area contributed by atoms with Crippen LogP contribution in [0.3, 0.4) is 0 Å². The monoisotopic (exact) mass is 559 g/mol. The Morgan fingerprint density at radius 1 is 1.18 bits per heavy atom. The van der Waals surface area contributed by atoms with Crippen LogP contribution in [0.5, 0.6) is 0 Å². The number of hydrogen-bond acceptors (Lipinski definition) is 5. The van der Waals surface area contributed by atoms with E-state index in [0.717, 1.165) is 59.2 Å². The van der Waals surface area contributed by atoms with E-state index in [1.807, 2.05) is 24.7 Å². The topological polar surface area (TPSA) is 46.8 Å². The molecule has 0 amide bonds. The lowest BCUT2D eigenvalue weighted by molar-refractivity contribution is 0.253. The summed E-state index contributed by atoms with van der Waals surface area (Å²) in [5.41, 5.74) is 9.71. The zero-order valence-electron chi connectivity index (χ0n) is 23.7. The number of fused-ring (bicyclic) bond motifs is 2. The van der Waals surface area contributed by atoms with Crippen molar-refractivity contribution in [1.82, 2.24) is 24.4 Å². The van der Waals surface area contributed by atoms with Gasteiger partial charge in [-0.15, -0.1) is 11.3 Å². The maximum Gasteiger partial charge on any atom is 0.160 e. The van der Waals surface area contributed by atoms with E-state index in [0.29, 0.717) is 12.5 Å². The van der Waals surface area contributed by atoms with E-state index in [-0.39, 0.29) is 10.8 Å². The van der Waals surface area contributed by atoms with E-state index >= 15 is 0 Å². The third-order valence-corrected chi connectivity index (χ3v) is 10.1. The molecule has 1 aliphatic carbocycles. The first kappa shape index (κ1) is 26.5. The van der Waals surface area contributed by atoms with Gasteiger partial charge in [-0.2, -0.15) is 0 Å². The molecule has 0 radical (unpaired) electrons. The van der Waals surface area contributed by atoms with Gasteiger partial charge in [0.15, 0.2) is 5.65 Å². The minimum atomic E-state index is 0.0715. The van der Waals surface area contributed by atoms with Crippen molar-refractivity contribution < 1.29 is 0 Å². The zero-order valence-corrected chi connectivity index (χ0v) is 25.3. The lowest BCUT2D eigenvalue weighted by Crippen LogP contribution is -2.33. The molecule has 0 unspecified atom stereocenters. The van der Waals surface area contributed by atoms with Crippen molar-refractivity contribution in [3.8, 4) is 11.3 Å². The first-order chi connectivity index (χ1) is 18.5. The van der Waals surface area contributed by atoms with Gasteiger partial charge in [0.1, 0.15) is 15.5 Å². The molecule has 7 heteroatoms. The van der Waals surface area contributed by atoms with Crippen LogP contribution in [0.1, 0.15) is 81.5 Å². The molecular formula is C32H38ClN5S. The Balaban J connectivity index is 1.20. The maximum atomic E-state index is 6.96. The first-order valence-corrected chi connectivity index (χ1v) is 15.2. The molecule has 0 spiro atoms. The van der Waals surface area contributed by atoms with Crippen LogP contribution in [0.15, 0.2) is 49.1 Å². The summed E-state index contributed by atoms with van der Waals surface area (Å²) in [4.78, 5) is 16.6. The van der Waals surface area contributed by atoms with Gasteiger partial charge in [-0.05, 0) is 71.4 Å². The summed E-state index contributed by atoms with van der Waals surface area (Å²) in [5, 5.41) is 1.18. The van der Waals surface area contributed by atoms with Crippen LogP contribution >= 0.6 is 22.9 Å². The van der Waals surface area contributed by atoms with E-state index in [9.17, 15) is 0 Å². The Labute approximate surface area is 241 Å². The Morgan fingerprint density at radius 2 is 1.95 bits per heavy atom. The first-order valence-electron chi connectivity index (χ1n) is 14.0. The Bertz CT molecular complexity index is 1550. The SMILES string of the molecule is C=C(Cn1cnc2cccnc21)N1CCC(c2nc(-c3cc(C(C)(C)C)cc4c3CCC4(C)C)c(Cl)s2)CC1. The van der Waals surface area contributed by atoms with Gasteiger partial charge < -0.3 is 9.47 Å². The second-order valence-electron chi connectivity index (χ2n) is 12.9. The average molecular weight is 560 g/mol. The van der Waals surface area contributed by atoms with Crippen LogP contribution in [-0.2, 0) is 23.8 Å². The molecule has 0 saturated carbocycles. The van der Waals surface area contributed by atoms with Crippen molar-refractivity contribution in [3.05, 3.63) is 75.1 Å². The molecule has 1 saturated heterocycles. The number of imidazole rings is 1. The van der Waals surface area contributed by atoms with Crippen LogP contribution in [0, 0.1) is 0 Å². The highest BCUT2D eigenvalue weighted by Gasteiger charge is 2.35. The number of thiazole rings is 1. The molecule has 204 valence electrons. The van der Waals surface area contributed by atoms with Crippen LogP contribution in [-0.4, -0.2) is 37.5 Å². The van der Waals surface area contributed by atoms with Crippen LogP contribution < -0.4 is 0 Å². The number of nitrogens with zero attached hydrogens (tertiary/aromatic N) is 5. The standard InChI is InChI=1S/C32H38ClN5S/c1-20(18-38-19-35-26-8-7-13-34-29(26)38)37-14-10-21(11-15-37)30-36-27(28(33)39-30)24-16-22(31(2,3)4)17-25-23(24)9-12-32(25,5)6/h7-8,13,16-17,19,21H,1,9-12,14-15,18H2,2-6H3. The van der Waals surface area contributed by atoms with Gasteiger partial charge in [0.2, 0.25) is 0 Å². The summed E-state index contributed by atoms with van der Waals surface area (Å²) in [6, 6.07) is 8.73. The number of pyridine rings is 1. The number of allylic oxidation sites excluding steroid dienone is 1. The van der Waals surface area contributed by atoms with Crippen molar-refractivity contribution in [3.63, 3.8) is 0 Å². The minimum Gasteiger partial charge on any atom is -0.374 e. The Hall–Kier alpha value is -2.70. The molecule has 1 fully saturated rings. The van der Waals surface area contributed by atoms with Gasteiger partial charge in [0.25, 0.3) is 0 Å². The summed E-state index contributed by atoms with van der Waals surface area (Å²) >= 11 is 8.64. The highest BCUT2D eigenvalue weighted by atomic mass is 35.5. The van der Waals surface area contributed by atoms with Gasteiger partial charge in [0, 0.05) is 36.5 Å². The van der Waals surface area contributed by atoms with Crippen molar-refractivity contribution in [2.45, 2.75) is 83.6 Å². The molecule has 0 bridgehead atoms. The molecule has 6 rings (SSSR count). The van der Waals surface area contributed by atoms with E-state index in [4.69, 9.17) is 16.6 Å². The fourth-order valence-electron chi connectivity index (χ4n) is 6.17. The lowest BCUT2D eigenvalue weighted by Gasteiger charge is -2.34. The molecule has 5 nitrogen and oxygen atoms in total. The van der Waals surface area contributed by atoms with Gasteiger partial charge in [0.05, 0.1) is 17.9 Å². The van der Waals surface area contributed by atoms with Crippen molar-refractivity contribution in [2.24, 2.45) is 0 Å². The third-order valence-electron chi connectivity index (χ3n) is 8.72. The summed E-state index contributed by atoms with van der Waals surface area (Å²) in [7, 11) is 0. The summed E-state index contributed by atoms with van der Waals surface area (Å²) < 4.78 is 2.91. The molecule has 3 aromatic heterocycles. The molecule has 0 N–H and O–H groups in total. The maximum absolute atomic E-state index is 6.96. The number of halogens is 1. The number of rotatable bonds is 5. The fraction of sp³-hybridized carbons (Fsp3) is 0.469. The van der Waals surface area contributed by atoms with E-state index in [1.165, 1.54) is 33.7 Å². The third kappa shape index (κ3) is 4.91. The number of benzene rings is 1. The second kappa shape index (κ2) is 9.74. The summed E-state index contributed by atoms with van der Waals surface area (Å²) in [6.07, 6.45) is 8.05. The highest BCUT2D eigenvalue weighted by Crippen LogP contribution is 2.47. The molecule has 4 heterocycles. The van der Waals surface area contributed by atoms with Crippen molar-refractivity contribution in [2.75, 3.05) is 13.1 Å². The van der Waals surface area contributed by atoms with Gasteiger partial charge >= 0.3 is 0 Å². The summed E-state index contributed by atoms with van der Waals surface area (Å²) in [6.45, 7) is 18.7. The predicted octanol–water partition coefficient (Wildman–Crippen LogP) is 8.12. The molecule has 2 aliphatic rings. The molecule has 0 atom stereocenters. The van der Waals surface area contributed by atoms with Gasteiger partial charge in [-0.25, -0.2) is 15.0 Å². The zero-order chi connectivity index (χ0) is 27.5. The molecular weight excluding hydrogens is 522 g/mol. The Morgan fingerprint density at radius 3 is 2.69 bits per heavy atom. The fourth-order valence-corrected chi connectivity index (χ4v) is 7.53. The van der Waals surface area contributed by atoms with Gasteiger partial charge in [-0.3, -0.25) is 0 Å². The highest BCUT2D eigenvalue weighted by molar-refractivity contribution is 7.16. The van der Waals surface area contributed by atoms with E-state index in [1.54, 1.807) is 11.3 Å². The van der Waals surface area contributed by atoms with Crippen LogP contribution in [0.4, 0.5) is 0 Å². The van der Waals surface area contributed by atoms with E-state index < -0.39 is 0 Å². The van der Waals surface area contributed by atoms with Crippen LogP contribution in [0.25, 0.3) is 22.4 Å². The van der Waals surface area contributed by atoms with Crippen LogP contribution in [0.2, 0.25) is 4.34 Å². The number of hydrogen-bond donors (Lipinski definition) is 0. The number of aromatic nitrogens is 4. The Kier molecular flexibility index (Phi) is 6.62. The average Bonchev–Trinajstić information content (AvgIpc) is 3.58.